The van der Waals surface area contributed by atoms with Crippen LogP contribution in [-0.2, 0) is 5.88 Å². The second kappa shape index (κ2) is 6.13. The Balaban J connectivity index is 1.90. The number of fused-ring (bicyclic) bond motifs is 1. The summed E-state index contributed by atoms with van der Waals surface area (Å²) in [5.41, 5.74) is 2.30. The van der Waals surface area contributed by atoms with E-state index in [1.807, 2.05) is 12.1 Å². The number of alkyl halides is 1. The standard InChI is InChI=1S/C16H22Cl2N2/c1-12-10-19-8-3-2-6-14(19)11-20(12)16-13(9-17)5-4-7-15(16)18/h4-5,7,12,14H,2-3,6,8-11H2,1H3. The van der Waals surface area contributed by atoms with Crippen LogP contribution in [0.3, 0.4) is 0 Å². The predicted octanol–water partition coefficient (Wildman–Crippen LogP) is 4.14. The van der Waals surface area contributed by atoms with Gasteiger partial charge in [-0.25, -0.2) is 0 Å². The molecule has 0 bridgehead atoms. The van der Waals surface area contributed by atoms with E-state index in [-0.39, 0.29) is 0 Å². The third-order valence-electron chi connectivity index (χ3n) is 4.69. The molecule has 1 aromatic carbocycles. The molecule has 0 aliphatic carbocycles. The van der Waals surface area contributed by atoms with Crippen LogP contribution in [0.4, 0.5) is 5.69 Å². The third-order valence-corrected chi connectivity index (χ3v) is 5.28. The Morgan fingerprint density at radius 1 is 1.25 bits per heavy atom. The minimum atomic E-state index is 0.492. The van der Waals surface area contributed by atoms with Gasteiger partial charge in [-0.15, -0.1) is 11.6 Å². The lowest BCUT2D eigenvalue weighted by atomic mass is 9.96. The maximum absolute atomic E-state index is 6.47. The van der Waals surface area contributed by atoms with Gasteiger partial charge in [0.05, 0.1) is 10.7 Å². The molecule has 2 saturated heterocycles. The fourth-order valence-electron chi connectivity index (χ4n) is 3.65. The van der Waals surface area contributed by atoms with Crippen molar-refractivity contribution in [3.05, 3.63) is 28.8 Å². The van der Waals surface area contributed by atoms with Crippen molar-refractivity contribution >= 4 is 28.9 Å². The molecular weight excluding hydrogens is 291 g/mol. The first-order valence-corrected chi connectivity index (χ1v) is 8.46. The van der Waals surface area contributed by atoms with Gasteiger partial charge in [0.15, 0.2) is 0 Å². The van der Waals surface area contributed by atoms with Gasteiger partial charge in [0.1, 0.15) is 0 Å². The smallest absolute Gasteiger partial charge is 0.0642 e. The highest BCUT2D eigenvalue weighted by molar-refractivity contribution is 6.33. The summed E-state index contributed by atoms with van der Waals surface area (Å²) < 4.78 is 0. The number of anilines is 1. The molecule has 2 aliphatic heterocycles. The van der Waals surface area contributed by atoms with Crippen molar-refractivity contribution in [2.45, 2.75) is 44.1 Å². The molecule has 0 N–H and O–H groups in total. The van der Waals surface area contributed by atoms with E-state index in [2.05, 4.69) is 22.8 Å². The molecule has 0 saturated carbocycles. The van der Waals surface area contributed by atoms with E-state index in [9.17, 15) is 0 Å². The van der Waals surface area contributed by atoms with E-state index in [0.29, 0.717) is 18.0 Å². The van der Waals surface area contributed by atoms with Gasteiger partial charge in [0.25, 0.3) is 0 Å². The maximum atomic E-state index is 6.47. The predicted molar refractivity (Wildman–Crippen MR) is 87.0 cm³/mol. The summed E-state index contributed by atoms with van der Waals surface area (Å²) in [6, 6.07) is 7.23. The number of rotatable bonds is 2. The number of piperazine rings is 1. The van der Waals surface area contributed by atoms with Gasteiger partial charge < -0.3 is 4.90 Å². The first kappa shape index (κ1) is 14.5. The Morgan fingerprint density at radius 3 is 2.90 bits per heavy atom. The molecule has 1 aromatic rings. The summed E-state index contributed by atoms with van der Waals surface area (Å²) in [5, 5.41) is 0.833. The molecule has 2 fully saturated rings. The van der Waals surface area contributed by atoms with E-state index in [1.54, 1.807) is 0 Å². The second-order valence-corrected chi connectivity index (χ2v) is 6.70. The molecular formula is C16H22Cl2N2. The summed E-state index contributed by atoms with van der Waals surface area (Å²) in [4.78, 5) is 5.13. The average molecular weight is 313 g/mol. The molecule has 2 heterocycles. The zero-order valence-corrected chi connectivity index (χ0v) is 13.5. The van der Waals surface area contributed by atoms with Gasteiger partial charge in [0, 0.05) is 31.1 Å². The SMILES string of the molecule is CC1CN2CCCCC2CN1c1c(Cl)cccc1CCl. The molecule has 3 rings (SSSR count). The van der Waals surface area contributed by atoms with Crippen molar-refractivity contribution in [3.8, 4) is 0 Å². The zero-order chi connectivity index (χ0) is 14.1. The molecule has 2 nitrogen and oxygen atoms in total. The Labute approximate surface area is 131 Å². The minimum Gasteiger partial charge on any atom is -0.365 e. The largest absolute Gasteiger partial charge is 0.365 e. The van der Waals surface area contributed by atoms with Crippen LogP contribution >= 0.6 is 23.2 Å². The van der Waals surface area contributed by atoms with Crippen LogP contribution in [0.2, 0.25) is 5.02 Å². The molecule has 20 heavy (non-hydrogen) atoms. The fourth-order valence-corrected chi connectivity index (χ4v) is 4.17. The van der Waals surface area contributed by atoms with E-state index in [0.717, 1.165) is 29.4 Å². The van der Waals surface area contributed by atoms with Crippen LogP contribution in [0.25, 0.3) is 0 Å². The van der Waals surface area contributed by atoms with Crippen molar-refractivity contribution in [2.75, 3.05) is 24.5 Å². The fraction of sp³-hybridized carbons (Fsp3) is 0.625. The van der Waals surface area contributed by atoms with Crippen LogP contribution in [0, 0.1) is 0 Å². The van der Waals surface area contributed by atoms with Gasteiger partial charge in [-0.05, 0) is 37.9 Å². The number of hydrogen-bond acceptors (Lipinski definition) is 2. The molecule has 0 aromatic heterocycles. The topological polar surface area (TPSA) is 6.48 Å². The van der Waals surface area contributed by atoms with E-state index >= 15 is 0 Å². The van der Waals surface area contributed by atoms with Crippen molar-refractivity contribution in [1.29, 1.82) is 0 Å². The van der Waals surface area contributed by atoms with Crippen LogP contribution in [0.5, 0.6) is 0 Å². The molecule has 2 unspecified atom stereocenters. The van der Waals surface area contributed by atoms with Crippen LogP contribution in [0.1, 0.15) is 31.7 Å². The number of hydrogen-bond donors (Lipinski definition) is 0. The summed E-state index contributed by atoms with van der Waals surface area (Å²) in [7, 11) is 0. The van der Waals surface area contributed by atoms with Gasteiger partial charge in [0.2, 0.25) is 0 Å². The summed E-state index contributed by atoms with van der Waals surface area (Å²) >= 11 is 12.6. The van der Waals surface area contributed by atoms with Gasteiger partial charge in [-0.3, -0.25) is 4.90 Å². The Hall–Kier alpha value is -0.440. The maximum Gasteiger partial charge on any atom is 0.0642 e. The molecule has 0 amide bonds. The first-order chi connectivity index (χ1) is 9.70. The number of piperidine rings is 1. The quantitative estimate of drug-likeness (QED) is 0.757. The van der Waals surface area contributed by atoms with Gasteiger partial charge >= 0.3 is 0 Å². The van der Waals surface area contributed by atoms with Crippen molar-refractivity contribution in [3.63, 3.8) is 0 Å². The number of halogens is 2. The molecule has 0 spiro atoms. The molecule has 2 aliphatic rings. The number of para-hydroxylation sites is 1. The summed E-state index contributed by atoms with van der Waals surface area (Å²) in [6.07, 6.45) is 4.01. The van der Waals surface area contributed by atoms with E-state index < -0.39 is 0 Å². The Morgan fingerprint density at radius 2 is 2.10 bits per heavy atom. The first-order valence-electron chi connectivity index (χ1n) is 7.54. The Kier molecular flexibility index (Phi) is 4.44. The lowest BCUT2D eigenvalue weighted by Crippen LogP contribution is -2.59. The van der Waals surface area contributed by atoms with Gasteiger partial charge in [-0.1, -0.05) is 30.2 Å². The van der Waals surface area contributed by atoms with Gasteiger partial charge in [-0.2, -0.15) is 0 Å². The van der Waals surface area contributed by atoms with Crippen LogP contribution < -0.4 is 4.90 Å². The van der Waals surface area contributed by atoms with E-state index in [1.165, 1.54) is 25.8 Å². The summed E-state index contributed by atoms with van der Waals surface area (Å²) in [5.74, 6) is 0.521. The van der Waals surface area contributed by atoms with E-state index in [4.69, 9.17) is 23.2 Å². The van der Waals surface area contributed by atoms with Crippen molar-refractivity contribution in [2.24, 2.45) is 0 Å². The lowest BCUT2D eigenvalue weighted by Gasteiger charge is -2.49. The highest BCUT2D eigenvalue weighted by Gasteiger charge is 2.34. The number of benzene rings is 1. The second-order valence-electron chi connectivity index (χ2n) is 6.03. The highest BCUT2D eigenvalue weighted by Crippen LogP contribution is 2.35. The molecule has 2 atom stereocenters. The van der Waals surface area contributed by atoms with Crippen molar-refractivity contribution < 1.29 is 0 Å². The number of nitrogens with zero attached hydrogens (tertiary/aromatic N) is 2. The van der Waals surface area contributed by atoms with Crippen molar-refractivity contribution in [1.82, 2.24) is 4.90 Å². The summed E-state index contributed by atoms with van der Waals surface area (Å²) in [6.45, 7) is 5.77. The third kappa shape index (κ3) is 2.66. The average Bonchev–Trinajstić information content (AvgIpc) is 2.46. The zero-order valence-electron chi connectivity index (χ0n) is 12.0. The molecule has 0 radical (unpaired) electrons. The van der Waals surface area contributed by atoms with Crippen LogP contribution in [0.15, 0.2) is 18.2 Å². The minimum absolute atomic E-state index is 0.492. The molecule has 110 valence electrons. The Bertz CT molecular complexity index is 478. The lowest BCUT2D eigenvalue weighted by molar-refractivity contribution is 0.115. The highest BCUT2D eigenvalue weighted by atomic mass is 35.5. The normalized spacial score (nSPS) is 27.4. The van der Waals surface area contributed by atoms with Crippen LogP contribution in [-0.4, -0.2) is 36.6 Å². The monoisotopic (exact) mass is 312 g/mol. The molecule has 4 heteroatoms.